The van der Waals surface area contributed by atoms with E-state index in [0.29, 0.717) is 11.6 Å². The van der Waals surface area contributed by atoms with E-state index in [1.165, 1.54) is 0 Å². The first-order valence-corrected chi connectivity index (χ1v) is 5.94. The van der Waals surface area contributed by atoms with Crippen LogP contribution in [0.15, 0.2) is 36.0 Å². The Kier molecular flexibility index (Phi) is 5.57. The lowest BCUT2D eigenvalue weighted by atomic mass is 10.2. The lowest BCUT2D eigenvalue weighted by Crippen LogP contribution is -2.31. The average molecular weight is 253 g/mol. The molecule has 4 heteroatoms. The molecule has 1 aromatic rings. The summed E-state index contributed by atoms with van der Waals surface area (Å²) in [5.74, 6) is 0. The highest BCUT2D eigenvalue weighted by molar-refractivity contribution is 6.30. The minimum absolute atomic E-state index is 0.210. The first-order valence-electron chi connectivity index (χ1n) is 5.56. The molecule has 2 amide bonds. The third-order valence-electron chi connectivity index (χ3n) is 2.35. The van der Waals surface area contributed by atoms with Gasteiger partial charge in [-0.05, 0) is 31.0 Å². The van der Waals surface area contributed by atoms with Gasteiger partial charge in [0.2, 0.25) is 0 Å². The van der Waals surface area contributed by atoms with Gasteiger partial charge in [0, 0.05) is 17.8 Å². The molecule has 1 aromatic carbocycles. The van der Waals surface area contributed by atoms with Crippen LogP contribution in [0.2, 0.25) is 5.02 Å². The van der Waals surface area contributed by atoms with Gasteiger partial charge in [0.15, 0.2) is 0 Å². The molecule has 0 aliphatic heterocycles. The van der Waals surface area contributed by atoms with Gasteiger partial charge in [-0.2, -0.15) is 0 Å². The van der Waals surface area contributed by atoms with Gasteiger partial charge >= 0.3 is 6.03 Å². The van der Waals surface area contributed by atoms with Crippen LogP contribution in [0, 0.1) is 0 Å². The van der Waals surface area contributed by atoms with Crippen molar-refractivity contribution >= 4 is 17.6 Å². The van der Waals surface area contributed by atoms with E-state index in [2.05, 4.69) is 10.6 Å². The van der Waals surface area contributed by atoms with Gasteiger partial charge in [-0.25, -0.2) is 4.79 Å². The fourth-order valence-electron chi connectivity index (χ4n) is 1.17. The van der Waals surface area contributed by atoms with Crippen LogP contribution in [0.5, 0.6) is 0 Å². The zero-order chi connectivity index (χ0) is 12.7. The summed E-state index contributed by atoms with van der Waals surface area (Å²) in [6, 6.07) is 7.20. The second-order valence-corrected chi connectivity index (χ2v) is 4.24. The molecule has 0 aromatic heterocycles. The summed E-state index contributed by atoms with van der Waals surface area (Å²) in [5.41, 5.74) is 2.10. The Morgan fingerprint density at radius 2 is 2.24 bits per heavy atom. The molecule has 3 nitrogen and oxygen atoms in total. The Bertz CT molecular complexity index is 416. The average Bonchev–Trinajstić information content (AvgIpc) is 2.33. The quantitative estimate of drug-likeness (QED) is 0.847. The van der Waals surface area contributed by atoms with Crippen molar-refractivity contribution in [3.8, 4) is 0 Å². The van der Waals surface area contributed by atoms with Crippen molar-refractivity contribution in [3.05, 3.63) is 46.6 Å². The molecule has 92 valence electrons. The van der Waals surface area contributed by atoms with Gasteiger partial charge < -0.3 is 10.6 Å². The summed E-state index contributed by atoms with van der Waals surface area (Å²) in [4.78, 5) is 11.4. The summed E-state index contributed by atoms with van der Waals surface area (Å²) >= 11 is 5.84. The van der Waals surface area contributed by atoms with E-state index in [4.69, 9.17) is 11.6 Å². The molecule has 0 saturated carbocycles. The predicted molar refractivity (Wildman–Crippen MR) is 70.9 cm³/mol. The minimum Gasteiger partial charge on any atom is -0.334 e. The lowest BCUT2D eigenvalue weighted by Gasteiger charge is -2.05. The number of halogens is 1. The van der Waals surface area contributed by atoms with Crippen LogP contribution < -0.4 is 10.6 Å². The maximum atomic E-state index is 11.4. The molecule has 0 radical (unpaired) electrons. The van der Waals surface area contributed by atoms with Crippen molar-refractivity contribution in [1.82, 2.24) is 10.6 Å². The van der Waals surface area contributed by atoms with Gasteiger partial charge in [0.25, 0.3) is 0 Å². The Labute approximate surface area is 107 Å². The normalized spacial score (nSPS) is 11.1. The largest absolute Gasteiger partial charge is 0.334 e. The molecule has 0 fully saturated rings. The van der Waals surface area contributed by atoms with Gasteiger partial charge in [-0.1, -0.05) is 36.2 Å². The number of benzene rings is 1. The predicted octanol–water partition coefficient (Wildman–Crippen LogP) is 3.45. The van der Waals surface area contributed by atoms with E-state index in [0.717, 1.165) is 17.6 Å². The monoisotopic (exact) mass is 252 g/mol. The smallest absolute Gasteiger partial charge is 0.319 e. The molecule has 2 N–H and O–H groups in total. The zero-order valence-electron chi connectivity index (χ0n) is 10.1. The van der Waals surface area contributed by atoms with E-state index < -0.39 is 0 Å². The summed E-state index contributed by atoms with van der Waals surface area (Å²) in [6.45, 7) is 4.47. The van der Waals surface area contributed by atoms with Gasteiger partial charge in [-0.3, -0.25) is 0 Å². The number of hydrogen-bond acceptors (Lipinski definition) is 1. The lowest BCUT2D eigenvalue weighted by molar-refractivity contribution is 0.243. The number of urea groups is 1. The highest BCUT2D eigenvalue weighted by atomic mass is 35.5. The van der Waals surface area contributed by atoms with E-state index in [-0.39, 0.29) is 6.03 Å². The maximum Gasteiger partial charge on any atom is 0.319 e. The Balaban J connectivity index is 2.38. The molecule has 0 bridgehead atoms. The second-order valence-electron chi connectivity index (χ2n) is 3.80. The van der Waals surface area contributed by atoms with Crippen LogP contribution >= 0.6 is 11.6 Å². The van der Waals surface area contributed by atoms with Crippen LogP contribution in [-0.4, -0.2) is 6.03 Å². The molecule has 17 heavy (non-hydrogen) atoms. The third kappa shape index (κ3) is 5.41. The van der Waals surface area contributed by atoms with Crippen molar-refractivity contribution in [3.63, 3.8) is 0 Å². The molecule has 0 atom stereocenters. The molecule has 0 unspecified atom stereocenters. The first-order chi connectivity index (χ1) is 8.11. The van der Waals surface area contributed by atoms with Crippen LogP contribution in [-0.2, 0) is 6.54 Å². The second kappa shape index (κ2) is 6.97. The first kappa shape index (κ1) is 13.6. The molecule has 0 saturated heterocycles. The van der Waals surface area contributed by atoms with Crippen molar-refractivity contribution in [1.29, 1.82) is 0 Å². The Morgan fingerprint density at radius 3 is 2.88 bits per heavy atom. The molecule has 0 spiro atoms. The van der Waals surface area contributed by atoms with Crippen molar-refractivity contribution in [2.45, 2.75) is 26.8 Å². The summed E-state index contributed by atoms with van der Waals surface area (Å²) in [6.07, 6.45) is 2.64. The van der Waals surface area contributed by atoms with E-state index in [1.54, 1.807) is 12.3 Å². The standard InChI is InChI=1S/C13H17ClN2O/c1-3-10(2)8-15-13(17)16-9-11-5-4-6-12(14)7-11/h4-8H,3,9H2,1-2H3,(H2,15,16,17)/b10-8+. The molecular weight excluding hydrogens is 236 g/mol. The SMILES string of the molecule is CC/C(C)=C/NC(=O)NCc1cccc(Cl)c1. The summed E-state index contributed by atoms with van der Waals surface area (Å²) < 4.78 is 0. The molecule has 0 aliphatic rings. The summed E-state index contributed by atoms with van der Waals surface area (Å²) in [7, 11) is 0. The van der Waals surface area contributed by atoms with E-state index >= 15 is 0 Å². The summed E-state index contributed by atoms with van der Waals surface area (Å²) in [5, 5.41) is 6.10. The third-order valence-corrected chi connectivity index (χ3v) is 2.58. The Hall–Kier alpha value is -1.48. The number of rotatable bonds is 4. The highest BCUT2D eigenvalue weighted by Gasteiger charge is 1.98. The number of amides is 2. The fourth-order valence-corrected chi connectivity index (χ4v) is 1.38. The van der Waals surface area contributed by atoms with Gasteiger partial charge in [0.05, 0.1) is 0 Å². The molecule has 1 rings (SSSR count). The molecule has 0 heterocycles. The van der Waals surface area contributed by atoms with E-state index in [9.17, 15) is 4.79 Å². The number of nitrogens with one attached hydrogen (secondary N) is 2. The van der Waals surface area contributed by atoms with Crippen LogP contribution in [0.3, 0.4) is 0 Å². The Morgan fingerprint density at radius 1 is 1.47 bits per heavy atom. The topological polar surface area (TPSA) is 41.1 Å². The maximum absolute atomic E-state index is 11.4. The number of carbonyl (C=O) groups is 1. The van der Waals surface area contributed by atoms with Crippen LogP contribution in [0.4, 0.5) is 4.79 Å². The van der Waals surface area contributed by atoms with Gasteiger partial charge in [0.1, 0.15) is 0 Å². The molecule has 0 aliphatic carbocycles. The number of hydrogen-bond donors (Lipinski definition) is 2. The van der Waals surface area contributed by atoms with Crippen molar-refractivity contribution in [2.24, 2.45) is 0 Å². The van der Waals surface area contributed by atoms with Crippen LogP contribution in [0.1, 0.15) is 25.8 Å². The molecular formula is C13H17ClN2O. The number of carbonyl (C=O) groups excluding carboxylic acids is 1. The fraction of sp³-hybridized carbons (Fsp3) is 0.308. The van der Waals surface area contributed by atoms with E-state index in [1.807, 2.05) is 32.0 Å². The highest BCUT2D eigenvalue weighted by Crippen LogP contribution is 2.10. The van der Waals surface area contributed by atoms with Crippen molar-refractivity contribution < 1.29 is 4.79 Å². The number of allylic oxidation sites excluding steroid dienone is 1. The van der Waals surface area contributed by atoms with Crippen molar-refractivity contribution in [2.75, 3.05) is 0 Å². The van der Waals surface area contributed by atoms with Gasteiger partial charge in [-0.15, -0.1) is 0 Å². The van der Waals surface area contributed by atoms with Crippen LogP contribution in [0.25, 0.3) is 0 Å². The zero-order valence-corrected chi connectivity index (χ0v) is 10.8. The minimum atomic E-state index is -0.210.